The molecule has 1 amide bonds. The van der Waals surface area contributed by atoms with E-state index in [1.54, 1.807) is 0 Å². The molecule has 3 nitrogen and oxygen atoms in total. The third-order valence-corrected chi connectivity index (χ3v) is 4.36. The Hall–Kier alpha value is -0.570. The van der Waals surface area contributed by atoms with Gasteiger partial charge in [-0.3, -0.25) is 4.79 Å². The molecule has 2 bridgehead atoms. The third kappa shape index (κ3) is 2.57. The van der Waals surface area contributed by atoms with Crippen molar-refractivity contribution in [1.29, 1.82) is 0 Å². The topological polar surface area (TPSA) is 55.1 Å². The molecule has 16 heavy (non-hydrogen) atoms. The van der Waals surface area contributed by atoms with Crippen LogP contribution in [-0.4, -0.2) is 19.0 Å². The van der Waals surface area contributed by atoms with Crippen LogP contribution in [-0.2, 0) is 4.79 Å². The molecule has 0 aromatic carbocycles. The molecule has 4 unspecified atom stereocenters. The molecule has 2 aliphatic rings. The minimum absolute atomic E-state index is 0.302. The third-order valence-electron chi connectivity index (χ3n) is 4.36. The Labute approximate surface area is 98.2 Å². The van der Waals surface area contributed by atoms with Crippen LogP contribution in [0.4, 0.5) is 0 Å². The first-order valence-electron chi connectivity index (χ1n) is 6.68. The van der Waals surface area contributed by atoms with Crippen molar-refractivity contribution in [2.45, 2.75) is 39.0 Å². The second-order valence-electron chi connectivity index (χ2n) is 5.71. The van der Waals surface area contributed by atoms with Crippen molar-refractivity contribution >= 4 is 5.91 Å². The highest BCUT2D eigenvalue weighted by atomic mass is 16.1. The van der Waals surface area contributed by atoms with E-state index in [9.17, 15) is 4.79 Å². The summed E-state index contributed by atoms with van der Waals surface area (Å²) >= 11 is 0. The minimum atomic E-state index is 0.302. The van der Waals surface area contributed by atoms with Crippen molar-refractivity contribution in [2.24, 2.45) is 29.4 Å². The lowest BCUT2D eigenvalue weighted by Gasteiger charge is -2.21. The second-order valence-corrected chi connectivity index (χ2v) is 5.71. The molecule has 92 valence electrons. The van der Waals surface area contributed by atoms with Crippen LogP contribution in [0.5, 0.6) is 0 Å². The largest absolute Gasteiger partial charge is 0.356 e. The van der Waals surface area contributed by atoms with Crippen molar-refractivity contribution in [3.8, 4) is 0 Å². The average molecular weight is 224 g/mol. The number of nitrogens with two attached hydrogens (primary N) is 1. The zero-order chi connectivity index (χ0) is 11.5. The van der Waals surface area contributed by atoms with Crippen LogP contribution in [0.3, 0.4) is 0 Å². The molecule has 0 spiro atoms. The van der Waals surface area contributed by atoms with Crippen molar-refractivity contribution in [2.75, 3.05) is 13.1 Å². The first kappa shape index (κ1) is 11.9. The van der Waals surface area contributed by atoms with E-state index in [2.05, 4.69) is 12.2 Å². The summed E-state index contributed by atoms with van der Waals surface area (Å²) in [5.41, 5.74) is 5.49. The molecule has 2 saturated carbocycles. The van der Waals surface area contributed by atoms with Crippen molar-refractivity contribution in [3.05, 3.63) is 0 Å². The Morgan fingerprint density at radius 3 is 2.81 bits per heavy atom. The molecular weight excluding hydrogens is 200 g/mol. The number of nitrogens with one attached hydrogen (secondary N) is 1. The van der Waals surface area contributed by atoms with Gasteiger partial charge in [-0.25, -0.2) is 0 Å². The number of amides is 1. The van der Waals surface area contributed by atoms with Crippen LogP contribution in [0, 0.1) is 23.7 Å². The highest BCUT2D eigenvalue weighted by Gasteiger charge is 2.42. The zero-order valence-electron chi connectivity index (χ0n) is 10.2. The second kappa shape index (κ2) is 5.17. The predicted molar refractivity (Wildman–Crippen MR) is 64.8 cm³/mol. The monoisotopic (exact) mass is 224 g/mol. The molecule has 0 aromatic heterocycles. The normalized spacial score (nSPS) is 34.0. The highest BCUT2D eigenvalue weighted by Crippen LogP contribution is 2.48. The Kier molecular flexibility index (Phi) is 3.85. The number of carbonyl (C=O) groups excluding carboxylic acids is 1. The van der Waals surface area contributed by atoms with Gasteiger partial charge in [0.1, 0.15) is 0 Å². The van der Waals surface area contributed by atoms with E-state index in [4.69, 9.17) is 5.73 Å². The van der Waals surface area contributed by atoms with Crippen LogP contribution in [0.25, 0.3) is 0 Å². The quantitative estimate of drug-likeness (QED) is 0.744. The van der Waals surface area contributed by atoms with E-state index in [1.165, 1.54) is 19.3 Å². The lowest BCUT2D eigenvalue weighted by molar-refractivity contribution is -0.126. The van der Waals surface area contributed by atoms with Gasteiger partial charge in [-0.15, -0.1) is 0 Å². The molecule has 0 aliphatic heterocycles. The molecule has 0 radical (unpaired) electrons. The molecule has 2 aliphatic carbocycles. The lowest BCUT2D eigenvalue weighted by Crippen LogP contribution is -2.36. The van der Waals surface area contributed by atoms with E-state index in [-0.39, 0.29) is 0 Å². The molecule has 0 saturated heterocycles. The summed E-state index contributed by atoms with van der Waals surface area (Å²) in [6.45, 7) is 3.66. The smallest absolute Gasteiger partial charge is 0.223 e. The number of hydrogen-bond donors (Lipinski definition) is 2. The van der Waals surface area contributed by atoms with Crippen LogP contribution in [0.15, 0.2) is 0 Å². The van der Waals surface area contributed by atoms with Gasteiger partial charge in [-0.1, -0.05) is 13.3 Å². The van der Waals surface area contributed by atoms with E-state index in [0.29, 0.717) is 30.2 Å². The summed E-state index contributed by atoms with van der Waals surface area (Å²) in [7, 11) is 0. The molecule has 3 N–H and O–H groups in total. The van der Waals surface area contributed by atoms with Crippen LogP contribution >= 0.6 is 0 Å². The molecule has 2 fully saturated rings. The molecule has 2 rings (SSSR count). The van der Waals surface area contributed by atoms with Gasteiger partial charge in [0.2, 0.25) is 5.91 Å². The fraction of sp³-hybridized carbons (Fsp3) is 0.923. The first-order chi connectivity index (χ1) is 7.70. The van der Waals surface area contributed by atoms with Gasteiger partial charge in [-0.2, -0.15) is 0 Å². The van der Waals surface area contributed by atoms with E-state index in [0.717, 1.165) is 25.3 Å². The van der Waals surface area contributed by atoms with Crippen molar-refractivity contribution in [1.82, 2.24) is 5.32 Å². The summed E-state index contributed by atoms with van der Waals surface area (Å²) in [5, 5.41) is 3.10. The summed E-state index contributed by atoms with van der Waals surface area (Å²) in [6.07, 6.45) is 6.08. The molecule has 0 heterocycles. The standard InChI is InChI=1S/C13H24N2O/c1-9(4-5-14)8-15-13(16)12-7-10-2-3-11(12)6-10/h9-12H,2-8,14H2,1H3,(H,15,16). The molecule has 0 aromatic rings. The van der Waals surface area contributed by atoms with Gasteiger partial charge in [0.15, 0.2) is 0 Å². The number of fused-ring (bicyclic) bond motifs is 2. The van der Waals surface area contributed by atoms with Crippen molar-refractivity contribution in [3.63, 3.8) is 0 Å². The predicted octanol–water partition coefficient (Wildman–Crippen LogP) is 1.52. The van der Waals surface area contributed by atoms with Gasteiger partial charge in [-0.05, 0) is 50.0 Å². The Morgan fingerprint density at radius 1 is 1.44 bits per heavy atom. The van der Waals surface area contributed by atoms with Gasteiger partial charge < -0.3 is 11.1 Å². The Balaban J connectivity index is 1.72. The summed E-state index contributed by atoms with van der Waals surface area (Å²) in [6, 6.07) is 0. The van der Waals surface area contributed by atoms with Gasteiger partial charge in [0.05, 0.1) is 0 Å². The van der Waals surface area contributed by atoms with E-state index in [1.807, 2.05) is 0 Å². The average Bonchev–Trinajstić information content (AvgIpc) is 2.88. The summed E-state index contributed by atoms with van der Waals surface area (Å²) < 4.78 is 0. The molecular formula is C13H24N2O. The minimum Gasteiger partial charge on any atom is -0.356 e. The Morgan fingerprint density at radius 2 is 2.25 bits per heavy atom. The maximum Gasteiger partial charge on any atom is 0.223 e. The maximum absolute atomic E-state index is 12.0. The number of hydrogen-bond acceptors (Lipinski definition) is 2. The molecule has 4 atom stereocenters. The van der Waals surface area contributed by atoms with Crippen LogP contribution in [0.1, 0.15) is 39.0 Å². The van der Waals surface area contributed by atoms with Gasteiger partial charge in [0, 0.05) is 12.5 Å². The lowest BCUT2D eigenvalue weighted by atomic mass is 9.88. The van der Waals surface area contributed by atoms with E-state index < -0.39 is 0 Å². The summed E-state index contributed by atoms with van der Waals surface area (Å²) in [5.74, 6) is 2.67. The van der Waals surface area contributed by atoms with Gasteiger partial charge >= 0.3 is 0 Å². The fourth-order valence-electron chi connectivity index (χ4n) is 3.36. The fourth-order valence-corrected chi connectivity index (χ4v) is 3.36. The molecule has 3 heteroatoms. The van der Waals surface area contributed by atoms with Crippen LogP contribution < -0.4 is 11.1 Å². The first-order valence-corrected chi connectivity index (χ1v) is 6.68. The Bertz CT molecular complexity index is 254. The zero-order valence-corrected chi connectivity index (χ0v) is 10.2. The number of carbonyl (C=O) groups is 1. The highest BCUT2D eigenvalue weighted by molar-refractivity contribution is 5.79. The van der Waals surface area contributed by atoms with E-state index >= 15 is 0 Å². The summed E-state index contributed by atoms with van der Waals surface area (Å²) in [4.78, 5) is 12.0. The van der Waals surface area contributed by atoms with Gasteiger partial charge in [0.25, 0.3) is 0 Å². The number of rotatable bonds is 5. The van der Waals surface area contributed by atoms with Crippen LogP contribution in [0.2, 0.25) is 0 Å². The maximum atomic E-state index is 12.0. The van der Waals surface area contributed by atoms with Crippen molar-refractivity contribution < 1.29 is 4.79 Å². The SMILES string of the molecule is CC(CCN)CNC(=O)C1CC2CCC1C2.